The van der Waals surface area contributed by atoms with Crippen LogP contribution in [0.15, 0.2) is 36.0 Å². The predicted molar refractivity (Wildman–Crippen MR) is 191 cm³/mol. The molecular weight excluding hydrogens is 666 g/mol. The molecule has 3 fully saturated rings. The van der Waals surface area contributed by atoms with E-state index in [4.69, 9.17) is 50.2 Å². The summed E-state index contributed by atoms with van der Waals surface area (Å²) in [6.45, 7) is 16.2. The molecule has 4 rings (SSSR count). The molecule has 0 spiro atoms. The molecule has 0 aromatic heterocycles. The molecule has 0 aromatic rings. The third-order valence-electron chi connectivity index (χ3n) is 9.98. The first-order chi connectivity index (χ1) is 22.9. The van der Waals surface area contributed by atoms with E-state index in [1.54, 1.807) is 26.4 Å². The SMILES string of the molecule is CO[C@@H]1/C=C(\C)C[C@H](/C=C/C=C/C#C[C@@H]2C[C@H]2Cl)OC(=O)C[C@]2(O)C[C@H](O[C@@H]3O[C@@H](C)[C@@H](N)[C@@](C)(O[Si](C)(C)C)[C@H]3OC)[C@@H](C)[C@@H](O2)[C@@H]1C. The molecule has 3 heterocycles. The van der Waals surface area contributed by atoms with Crippen molar-refractivity contribution in [1.29, 1.82) is 0 Å². The van der Waals surface area contributed by atoms with Crippen LogP contribution in [0.25, 0.3) is 0 Å². The number of methoxy groups -OCH3 is 2. The number of allylic oxidation sites excluding steroid dienone is 3. The molecule has 0 aromatic carbocycles. The van der Waals surface area contributed by atoms with Crippen LogP contribution < -0.4 is 5.73 Å². The van der Waals surface area contributed by atoms with Crippen molar-refractivity contribution in [3.05, 3.63) is 36.0 Å². The van der Waals surface area contributed by atoms with Gasteiger partial charge in [0, 0.05) is 50.2 Å². The minimum atomic E-state index is -2.08. The lowest BCUT2D eigenvalue weighted by Crippen LogP contribution is -2.71. The lowest BCUT2D eigenvalue weighted by atomic mass is 9.79. The van der Waals surface area contributed by atoms with E-state index >= 15 is 0 Å². The Bertz CT molecular complexity index is 1310. The molecule has 1 saturated carbocycles. The van der Waals surface area contributed by atoms with Gasteiger partial charge in [-0.25, -0.2) is 0 Å². The summed E-state index contributed by atoms with van der Waals surface area (Å²) >= 11 is 6.02. The molecule has 2 saturated heterocycles. The number of cyclic esters (lactones) is 1. The molecule has 0 amide bonds. The van der Waals surface area contributed by atoms with Crippen molar-refractivity contribution in [3.63, 3.8) is 0 Å². The normalized spacial score (nSPS) is 44.7. The number of ether oxygens (including phenoxy) is 6. The summed E-state index contributed by atoms with van der Waals surface area (Å²) in [4.78, 5) is 13.4. The lowest BCUT2D eigenvalue weighted by molar-refractivity contribution is -0.349. The zero-order chi connectivity index (χ0) is 36.3. The van der Waals surface area contributed by atoms with Crippen molar-refractivity contribution in [2.24, 2.45) is 23.5 Å². The molecule has 10 nitrogen and oxygen atoms in total. The number of carbonyl (C=O) groups excluding carboxylic acids is 1. The van der Waals surface area contributed by atoms with Gasteiger partial charge in [-0.3, -0.25) is 4.79 Å². The maximum absolute atomic E-state index is 13.4. The van der Waals surface area contributed by atoms with E-state index in [0.29, 0.717) is 6.42 Å². The van der Waals surface area contributed by atoms with Gasteiger partial charge >= 0.3 is 5.97 Å². The first kappa shape index (κ1) is 40.2. The molecule has 0 radical (unpaired) electrons. The number of halogens is 1. The fraction of sp³-hybridized carbons (Fsp3) is 0.757. The Balaban J connectivity index is 1.60. The van der Waals surface area contributed by atoms with Crippen molar-refractivity contribution in [2.45, 2.75) is 146 Å². The van der Waals surface area contributed by atoms with Gasteiger partial charge in [0.15, 0.2) is 20.4 Å². The van der Waals surface area contributed by atoms with E-state index in [1.165, 1.54) is 0 Å². The van der Waals surface area contributed by atoms with Crippen LogP contribution in [0.2, 0.25) is 19.6 Å². The second kappa shape index (κ2) is 16.4. The Hall–Kier alpha value is -1.56. The number of hydrogen-bond acceptors (Lipinski definition) is 10. The standard InChI is InChI=1S/C37H58ClNO9Si/c1-22-17-27(16-14-12-11-13-15-26-19-28(26)38)45-31(40)21-37(41)20-30(24(3)32(47-37)23(2)29(18-22)42-6)46-35-34(43-7)36(5,48-49(8,9)10)33(39)25(4)44-35/h11-12,14,16,18,23-30,32-35,41H,17,19-21,39H2,1-10H3/b12-11+,16-14+,22-18+/t23-,24-,25+,26-,27+,28-,29-,30+,32+,33-,34+,35+,36-,37+/m1/s1. The minimum absolute atomic E-state index is 0.00733. The van der Waals surface area contributed by atoms with Crippen molar-refractivity contribution >= 4 is 25.9 Å². The minimum Gasteiger partial charge on any atom is -0.458 e. The first-order valence-electron chi connectivity index (χ1n) is 17.5. The topological polar surface area (TPSA) is 128 Å². The highest BCUT2D eigenvalue weighted by molar-refractivity contribution is 6.69. The van der Waals surface area contributed by atoms with Crippen LogP contribution >= 0.6 is 11.6 Å². The van der Waals surface area contributed by atoms with Crippen LogP contribution in [0.1, 0.15) is 60.3 Å². The van der Waals surface area contributed by atoms with Gasteiger partial charge in [0.1, 0.15) is 17.8 Å². The van der Waals surface area contributed by atoms with Crippen molar-refractivity contribution in [1.82, 2.24) is 0 Å². The molecule has 1 aliphatic carbocycles. The van der Waals surface area contributed by atoms with E-state index < -0.39 is 68.5 Å². The molecule has 276 valence electrons. The summed E-state index contributed by atoms with van der Waals surface area (Å²) in [7, 11) is 1.17. The van der Waals surface area contributed by atoms with E-state index in [1.807, 2.05) is 52.8 Å². The Morgan fingerprint density at radius 1 is 1.14 bits per heavy atom. The molecule has 3 aliphatic heterocycles. The molecule has 12 heteroatoms. The number of esters is 1. The summed E-state index contributed by atoms with van der Waals surface area (Å²) in [5, 5.41) is 12.1. The Morgan fingerprint density at radius 2 is 1.84 bits per heavy atom. The van der Waals surface area contributed by atoms with E-state index in [2.05, 4.69) is 31.5 Å². The van der Waals surface area contributed by atoms with Crippen LogP contribution in [0, 0.1) is 29.6 Å². The molecule has 3 N–H and O–H groups in total. The van der Waals surface area contributed by atoms with Gasteiger partial charge in [-0.15, -0.1) is 11.6 Å². The van der Waals surface area contributed by atoms with E-state index in [0.717, 1.165) is 12.0 Å². The van der Waals surface area contributed by atoms with E-state index in [9.17, 15) is 9.90 Å². The Morgan fingerprint density at radius 3 is 2.45 bits per heavy atom. The highest BCUT2D eigenvalue weighted by Gasteiger charge is 2.57. The highest BCUT2D eigenvalue weighted by atomic mass is 35.5. The third-order valence-corrected chi connectivity index (χ3v) is 11.5. The zero-order valence-corrected chi connectivity index (χ0v) is 32.6. The van der Waals surface area contributed by atoms with Gasteiger partial charge in [0.2, 0.25) is 0 Å². The van der Waals surface area contributed by atoms with Crippen LogP contribution in [-0.2, 0) is 37.6 Å². The number of fused-ring (bicyclic) bond motifs is 2. The maximum atomic E-state index is 13.4. The zero-order valence-electron chi connectivity index (χ0n) is 30.8. The average Bonchev–Trinajstić information content (AvgIpc) is 3.70. The fourth-order valence-corrected chi connectivity index (χ4v) is 9.15. The maximum Gasteiger partial charge on any atom is 0.311 e. The first-order valence-corrected chi connectivity index (χ1v) is 21.3. The smallest absolute Gasteiger partial charge is 0.311 e. The quantitative estimate of drug-likeness (QED) is 0.0859. The van der Waals surface area contributed by atoms with Gasteiger partial charge in [-0.1, -0.05) is 49.5 Å². The van der Waals surface area contributed by atoms with Gasteiger partial charge in [-0.05, 0) is 59.0 Å². The lowest BCUT2D eigenvalue weighted by Gasteiger charge is -2.54. The number of aliphatic hydroxyl groups is 1. The number of nitrogens with two attached hydrogens (primary N) is 1. The Labute approximate surface area is 299 Å². The highest BCUT2D eigenvalue weighted by Crippen LogP contribution is 2.43. The van der Waals surface area contributed by atoms with Crippen LogP contribution in [0.5, 0.6) is 0 Å². The van der Waals surface area contributed by atoms with Gasteiger partial charge < -0.3 is 43.7 Å². The molecule has 0 unspecified atom stereocenters. The number of hydrogen-bond donors (Lipinski definition) is 2. The number of rotatable bonds is 8. The van der Waals surface area contributed by atoms with Gasteiger partial charge in [-0.2, -0.15) is 0 Å². The molecular formula is C37H58ClNO9Si. The van der Waals surface area contributed by atoms with Crippen LogP contribution in [-0.4, -0.2) is 99.3 Å². The van der Waals surface area contributed by atoms with Crippen molar-refractivity contribution in [2.75, 3.05) is 14.2 Å². The number of carbonyl (C=O) groups is 1. The van der Waals surface area contributed by atoms with Crippen molar-refractivity contribution < 1.29 is 42.7 Å². The Kier molecular flexibility index (Phi) is 13.5. The summed E-state index contributed by atoms with van der Waals surface area (Å²) in [6, 6.07) is -0.467. The van der Waals surface area contributed by atoms with E-state index in [-0.39, 0.29) is 42.1 Å². The molecule has 4 aliphatic rings. The molecule has 2 bridgehead atoms. The number of alkyl halides is 1. The summed E-state index contributed by atoms with van der Waals surface area (Å²) in [6.07, 6.45) is 6.27. The monoisotopic (exact) mass is 723 g/mol. The third kappa shape index (κ3) is 10.3. The summed E-state index contributed by atoms with van der Waals surface area (Å²) in [5.74, 6) is 3.49. The summed E-state index contributed by atoms with van der Waals surface area (Å²) in [5.41, 5.74) is 6.79. The second-order valence-corrected chi connectivity index (χ2v) is 20.4. The van der Waals surface area contributed by atoms with Crippen molar-refractivity contribution in [3.8, 4) is 11.8 Å². The fourth-order valence-electron chi connectivity index (χ4n) is 7.33. The van der Waals surface area contributed by atoms with Gasteiger partial charge in [0.05, 0.1) is 36.9 Å². The summed E-state index contributed by atoms with van der Waals surface area (Å²) < 4.78 is 44.1. The largest absolute Gasteiger partial charge is 0.458 e. The molecule has 14 atom stereocenters. The second-order valence-electron chi connectivity index (χ2n) is 15.4. The average molecular weight is 724 g/mol. The predicted octanol–water partition coefficient (Wildman–Crippen LogP) is 5.23. The van der Waals surface area contributed by atoms with Gasteiger partial charge in [0.25, 0.3) is 0 Å². The van der Waals surface area contributed by atoms with Crippen LogP contribution in [0.3, 0.4) is 0 Å². The van der Waals surface area contributed by atoms with Crippen LogP contribution in [0.4, 0.5) is 0 Å². The molecule has 49 heavy (non-hydrogen) atoms.